The molecule has 1 aliphatic heterocycles. The van der Waals surface area contributed by atoms with Gasteiger partial charge in [0.2, 0.25) is 11.9 Å². The second kappa shape index (κ2) is 13.2. The van der Waals surface area contributed by atoms with E-state index in [4.69, 9.17) is 24.5 Å². The fourth-order valence-electron chi connectivity index (χ4n) is 9.74. The molecule has 3 aromatic rings. The summed E-state index contributed by atoms with van der Waals surface area (Å²) in [5, 5.41) is 4.72. The minimum Gasteiger partial charge on any atom is -0.496 e. The molecule has 6 fully saturated rings. The third-order valence-corrected chi connectivity index (χ3v) is 13.5. The van der Waals surface area contributed by atoms with E-state index < -0.39 is 0 Å². The van der Waals surface area contributed by atoms with Crippen molar-refractivity contribution >= 4 is 17.9 Å². The minimum absolute atomic E-state index is 0.0308. The normalized spacial score (nSPS) is 28.4. The van der Waals surface area contributed by atoms with Crippen molar-refractivity contribution in [3.63, 3.8) is 0 Å². The third-order valence-electron chi connectivity index (χ3n) is 13.5. The molecule has 272 valence electrons. The van der Waals surface area contributed by atoms with E-state index >= 15 is 0 Å². The number of methoxy groups -OCH3 is 1. The van der Waals surface area contributed by atoms with Crippen molar-refractivity contribution in [2.75, 3.05) is 31.6 Å². The number of hydrogen-bond acceptors (Lipinski definition) is 7. The molecule has 2 aromatic heterocycles. The molecule has 5 saturated carbocycles. The number of fused-ring (bicyclic) bond motifs is 3. The van der Waals surface area contributed by atoms with Crippen molar-refractivity contribution in [3.05, 3.63) is 54.0 Å². The van der Waals surface area contributed by atoms with Gasteiger partial charge in [-0.15, -0.1) is 0 Å². The first-order valence-corrected chi connectivity index (χ1v) is 19.4. The lowest BCUT2D eigenvalue weighted by Gasteiger charge is -2.55. The summed E-state index contributed by atoms with van der Waals surface area (Å²) >= 11 is 0. The summed E-state index contributed by atoms with van der Waals surface area (Å²) in [6, 6.07) is 8.65. The zero-order chi connectivity index (χ0) is 35.4. The van der Waals surface area contributed by atoms with Gasteiger partial charge in [-0.3, -0.25) is 14.4 Å². The molecular weight excluding hydrogens is 640 g/mol. The van der Waals surface area contributed by atoms with Crippen molar-refractivity contribution < 1.29 is 19.1 Å². The Morgan fingerprint density at radius 3 is 2.33 bits per heavy atom. The number of benzene rings is 1. The van der Waals surface area contributed by atoms with E-state index in [0.717, 1.165) is 81.5 Å². The maximum Gasteiger partial charge on any atom is 0.410 e. The number of rotatable bonds is 9. The molecule has 0 unspecified atom stereocenters. The lowest BCUT2D eigenvalue weighted by Crippen LogP contribution is -2.52. The Bertz CT molecular complexity index is 1740. The van der Waals surface area contributed by atoms with Crippen LogP contribution in [-0.4, -0.2) is 69.5 Å². The fraction of sp³-hybridized carbons (Fsp3) is 0.634. The highest BCUT2D eigenvalue weighted by Gasteiger charge is 2.51. The molecular formula is C41H54N6O4. The molecule has 1 aromatic carbocycles. The van der Waals surface area contributed by atoms with Crippen LogP contribution in [-0.2, 0) is 20.5 Å². The molecule has 0 atom stereocenters. The number of hydrogen-bond donors (Lipinski definition) is 0. The van der Waals surface area contributed by atoms with Crippen LogP contribution >= 0.6 is 0 Å². The topological polar surface area (TPSA) is 103 Å². The maximum atomic E-state index is 14.7. The average molecular weight is 695 g/mol. The van der Waals surface area contributed by atoms with Crippen molar-refractivity contribution in [1.82, 2.24) is 24.6 Å². The third kappa shape index (κ3) is 6.41. The van der Waals surface area contributed by atoms with E-state index in [0.29, 0.717) is 44.1 Å². The molecule has 0 radical (unpaired) electrons. The summed E-state index contributed by atoms with van der Waals surface area (Å²) in [7, 11) is 1.74. The number of amides is 2. The van der Waals surface area contributed by atoms with Gasteiger partial charge in [0.15, 0.2) is 0 Å². The summed E-state index contributed by atoms with van der Waals surface area (Å²) in [6.07, 6.45) is 18.3. The predicted molar refractivity (Wildman–Crippen MR) is 196 cm³/mol. The van der Waals surface area contributed by atoms with Gasteiger partial charge in [-0.05, 0) is 137 Å². The number of likely N-dealkylation sites (tertiary alicyclic amines) is 1. The molecule has 10 heteroatoms. The van der Waals surface area contributed by atoms with Crippen LogP contribution in [0.5, 0.6) is 5.75 Å². The summed E-state index contributed by atoms with van der Waals surface area (Å²) < 4.78 is 13.5. The van der Waals surface area contributed by atoms with Gasteiger partial charge < -0.3 is 14.4 Å². The van der Waals surface area contributed by atoms with Crippen LogP contribution in [0, 0.1) is 24.2 Å². The molecule has 0 spiro atoms. The van der Waals surface area contributed by atoms with Gasteiger partial charge in [0.1, 0.15) is 11.9 Å². The molecule has 9 rings (SSSR count). The largest absolute Gasteiger partial charge is 0.496 e. The summed E-state index contributed by atoms with van der Waals surface area (Å²) in [6.45, 7) is 8.71. The van der Waals surface area contributed by atoms with E-state index in [2.05, 4.69) is 49.8 Å². The number of carbonyl (C=O) groups excluding carboxylic acids is 2. The van der Waals surface area contributed by atoms with E-state index in [1.807, 2.05) is 17.2 Å². The molecule has 6 aliphatic rings. The highest BCUT2D eigenvalue weighted by atomic mass is 16.6. The van der Waals surface area contributed by atoms with Crippen LogP contribution in [0.25, 0.3) is 11.3 Å². The zero-order valence-corrected chi connectivity index (χ0v) is 30.9. The van der Waals surface area contributed by atoms with E-state index in [1.54, 1.807) is 18.2 Å². The molecule has 1 saturated heterocycles. The number of carbonyl (C=O) groups is 2. The second-order valence-corrected chi connectivity index (χ2v) is 17.0. The summed E-state index contributed by atoms with van der Waals surface area (Å²) in [4.78, 5) is 40.9. The molecule has 3 heterocycles. The van der Waals surface area contributed by atoms with Gasteiger partial charge in [0.05, 0.1) is 24.5 Å². The van der Waals surface area contributed by atoms with Crippen molar-refractivity contribution in [3.8, 4) is 17.0 Å². The van der Waals surface area contributed by atoms with Gasteiger partial charge >= 0.3 is 6.09 Å². The molecule has 10 nitrogen and oxygen atoms in total. The highest BCUT2D eigenvalue weighted by Crippen LogP contribution is 2.58. The Labute approximate surface area is 302 Å². The zero-order valence-electron chi connectivity index (χ0n) is 30.9. The van der Waals surface area contributed by atoms with E-state index in [9.17, 15) is 9.59 Å². The standard InChI is InChI=1S/C41H54N6O4/c1-28-24-45(25-28)38(49)51-33-9-6-30(7-10-33)36(48)46(37-42-21-12-34(44-37)31-23-43-47(26-31)39(3)13-5-14-39)27-40-15-18-41(19-16-40,20-17-40)32-8-11-35(50-4)29(2)22-32/h8,11-12,21-23,26,28,30,33H,5-7,9-10,13-20,24-25,27H2,1-4H3. The Balaban J connectivity index is 1.01. The Hall–Kier alpha value is -3.95. The SMILES string of the molecule is COc1ccc(C23CCC(CN(C(=O)C4CCC(OC(=O)N5CC(C)C5)CC4)c4nccc(-c5cnn(C6(C)CCC6)c5)n4)(CC2)CC3)cc1C. The number of nitrogens with zero attached hydrogens (tertiary/aromatic N) is 6. The van der Waals surface area contributed by atoms with Crippen LogP contribution < -0.4 is 9.64 Å². The van der Waals surface area contributed by atoms with Crippen LogP contribution in [0.1, 0.15) is 108 Å². The molecule has 51 heavy (non-hydrogen) atoms. The van der Waals surface area contributed by atoms with Crippen molar-refractivity contribution in [2.45, 2.75) is 121 Å². The highest BCUT2D eigenvalue weighted by molar-refractivity contribution is 5.93. The smallest absolute Gasteiger partial charge is 0.410 e. The molecule has 0 N–H and O–H groups in total. The second-order valence-electron chi connectivity index (χ2n) is 17.0. The number of ether oxygens (including phenoxy) is 2. The first-order chi connectivity index (χ1) is 24.6. The van der Waals surface area contributed by atoms with Crippen LogP contribution in [0.2, 0.25) is 0 Å². The fourth-order valence-corrected chi connectivity index (χ4v) is 9.74. The lowest BCUT2D eigenvalue weighted by atomic mass is 9.51. The molecule has 5 aliphatic carbocycles. The molecule has 2 bridgehead atoms. The van der Waals surface area contributed by atoms with E-state index in [-0.39, 0.29) is 40.4 Å². The Kier molecular flexibility index (Phi) is 8.86. The van der Waals surface area contributed by atoms with Gasteiger partial charge in [0, 0.05) is 43.5 Å². The van der Waals surface area contributed by atoms with Crippen molar-refractivity contribution in [1.29, 1.82) is 0 Å². The first kappa shape index (κ1) is 34.2. The maximum absolute atomic E-state index is 14.7. The van der Waals surface area contributed by atoms with Crippen LogP contribution in [0.15, 0.2) is 42.9 Å². The molecule has 2 amide bonds. The Morgan fingerprint density at radius 1 is 0.980 bits per heavy atom. The Morgan fingerprint density at radius 2 is 1.71 bits per heavy atom. The first-order valence-electron chi connectivity index (χ1n) is 19.4. The lowest BCUT2D eigenvalue weighted by molar-refractivity contribution is -0.124. The van der Waals surface area contributed by atoms with Gasteiger partial charge in [-0.25, -0.2) is 14.8 Å². The van der Waals surface area contributed by atoms with Gasteiger partial charge in [-0.2, -0.15) is 5.10 Å². The van der Waals surface area contributed by atoms with E-state index in [1.165, 1.54) is 17.5 Å². The number of aromatic nitrogens is 4. The number of anilines is 1. The number of aryl methyl sites for hydroxylation is 1. The summed E-state index contributed by atoms with van der Waals surface area (Å²) in [5.41, 5.74) is 4.64. The van der Waals surface area contributed by atoms with Crippen LogP contribution in [0.3, 0.4) is 0 Å². The summed E-state index contributed by atoms with van der Waals surface area (Å²) in [5.74, 6) is 1.92. The van der Waals surface area contributed by atoms with Crippen molar-refractivity contribution in [2.24, 2.45) is 17.3 Å². The monoisotopic (exact) mass is 694 g/mol. The average Bonchev–Trinajstić information content (AvgIpc) is 3.63. The van der Waals surface area contributed by atoms with Gasteiger partial charge in [0.25, 0.3) is 0 Å². The quantitative estimate of drug-likeness (QED) is 0.225. The van der Waals surface area contributed by atoms with Gasteiger partial charge in [-0.1, -0.05) is 19.1 Å². The van der Waals surface area contributed by atoms with Crippen LogP contribution in [0.4, 0.5) is 10.7 Å². The minimum atomic E-state index is -0.209. The predicted octanol–water partition coefficient (Wildman–Crippen LogP) is 7.83.